The molecule has 1 amide bonds. The van der Waals surface area contributed by atoms with Crippen LogP contribution in [0.2, 0.25) is 0 Å². The molecule has 2 aromatic rings. The first-order chi connectivity index (χ1) is 13.3. The van der Waals surface area contributed by atoms with Gasteiger partial charge in [-0.1, -0.05) is 23.9 Å². The monoisotopic (exact) mass is 405 g/mol. The number of nitrogens with one attached hydrogen (secondary N) is 1. The van der Waals surface area contributed by atoms with Gasteiger partial charge in [-0.2, -0.15) is 0 Å². The van der Waals surface area contributed by atoms with Crippen molar-refractivity contribution in [1.82, 2.24) is 14.9 Å². The summed E-state index contributed by atoms with van der Waals surface area (Å²) >= 11 is 1.45. The minimum absolute atomic E-state index is 0.0416. The lowest BCUT2D eigenvalue weighted by atomic mass is 10.2. The van der Waals surface area contributed by atoms with Gasteiger partial charge in [0.15, 0.2) is 5.16 Å². The summed E-state index contributed by atoms with van der Waals surface area (Å²) in [4.78, 5) is 29.4. The van der Waals surface area contributed by atoms with Crippen LogP contribution in [0.3, 0.4) is 0 Å². The van der Waals surface area contributed by atoms with E-state index in [9.17, 15) is 9.59 Å². The number of carbonyl (C=O) groups excluding carboxylic acids is 1. The van der Waals surface area contributed by atoms with Crippen molar-refractivity contribution in [2.24, 2.45) is 0 Å². The second-order valence-corrected chi connectivity index (χ2v) is 8.80. The molecule has 0 spiro atoms. The number of ether oxygens (including phenoxy) is 2. The van der Waals surface area contributed by atoms with Crippen LogP contribution >= 0.6 is 11.8 Å². The van der Waals surface area contributed by atoms with Crippen LogP contribution in [0.25, 0.3) is 10.9 Å². The van der Waals surface area contributed by atoms with E-state index in [0.717, 1.165) is 19.4 Å². The molecular weight excluding hydrogens is 378 g/mol. The molecule has 1 saturated heterocycles. The van der Waals surface area contributed by atoms with Crippen molar-refractivity contribution in [3.8, 4) is 0 Å². The number of amides is 1. The summed E-state index contributed by atoms with van der Waals surface area (Å²) in [7, 11) is 0. The Labute approximate surface area is 168 Å². The van der Waals surface area contributed by atoms with Crippen LogP contribution in [0.15, 0.2) is 34.2 Å². The summed E-state index contributed by atoms with van der Waals surface area (Å²) in [6, 6.07) is 7.36. The standard InChI is InChI=1S/C20H27N3O4S/c1-20(2,3)27-19(25)21-10-12-28-18-22-16-9-5-4-8-15(16)17(24)23(18)13-14-7-6-11-26-14/h4-5,8-9,14H,6-7,10-13H2,1-3H3,(H,21,25)/t14-/m1/s1. The summed E-state index contributed by atoms with van der Waals surface area (Å²) in [5.41, 5.74) is 0.0983. The summed E-state index contributed by atoms with van der Waals surface area (Å²) in [6.45, 7) is 7.13. The highest BCUT2D eigenvalue weighted by Crippen LogP contribution is 2.20. The third kappa shape index (κ3) is 5.48. The average Bonchev–Trinajstić information content (AvgIpc) is 3.13. The fourth-order valence-electron chi connectivity index (χ4n) is 3.02. The Bertz CT molecular complexity index is 885. The number of fused-ring (bicyclic) bond motifs is 1. The van der Waals surface area contributed by atoms with E-state index in [1.165, 1.54) is 11.8 Å². The van der Waals surface area contributed by atoms with Crippen molar-refractivity contribution in [3.05, 3.63) is 34.6 Å². The Kier molecular flexibility index (Phi) is 6.61. The third-order valence-corrected chi connectivity index (χ3v) is 5.22. The zero-order valence-electron chi connectivity index (χ0n) is 16.6. The second kappa shape index (κ2) is 8.96. The number of nitrogens with zero attached hydrogens (tertiary/aromatic N) is 2. The number of alkyl carbamates (subject to hydrolysis) is 1. The van der Waals surface area contributed by atoms with Crippen molar-refractivity contribution in [1.29, 1.82) is 0 Å². The summed E-state index contributed by atoms with van der Waals surface area (Å²) < 4.78 is 12.6. The zero-order valence-corrected chi connectivity index (χ0v) is 17.4. The molecule has 1 atom stereocenters. The lowest BCUT2D eigenvalue weighted by Crippen LogP contribution is -2.34. The van der Waals surface area contributed by atoms with E-state index in [1.807, 2.05) is 39.0 Å². The number of hydrogen-bond donors (Lipinski definition) is 1. The number of aromatic nitrogens is 2. The van der Waals surface area contributed by atoms with Crippen LogP contribution in [0.1, 0.15) is 33.6 Å². The molecule has 1 fully saturated rings. The van der Waals surface area contributed by atoms with Gasteiger partial charge < -0.3 is 14.8 Å². The van der Waals surface area contributed by atoms with Gasteiger partial charge in [-0.25, -0.2) is 9.78 Å². The molecule has 0 radical (unpaired) electrons. The van der Waals surface area contributed by atoms with Gasteiger partial charge in [0.2, 0.25) is 0 Å². The fraction of sp³-hybridized carbons (Fsp3) is 0.550. The van der Waals surface area contributed by atoms with Crippen LogP contribution in [-0.4, -0.2) is 46.3 Å². The third-order valence-electron chi connectivity index (χ3n) is 4.24. The van der Waals surface area contributed by atoms with Gasteiger partial charge >= 0.3 is 6.09 Å². The number of para-hydroxylation sites is 1. The average molecular weight is 406 g/mol. The van der Waals surface area contributed by atoms with Crippen LogP contribution in [0.4, 0.5) is 4.79 Å². The van der Waals surface area contributed by atoms with Crippen LogP contribution in [0.5, 0.6) is 0 Å². The van der Waals surface area contributed by atoms with Gasteiger partial charge in [0.05, 0.1) is 23.6 Å². The van der Waals surface area contributed by atoms with Gasteiger partial charge in [-0.3, -0.25) is 9.36 Å². The zero-order chi connectivity index (χ0) is 20.1. The molecule has 0 aliphatic carbocycles. The summed E-state index contributed by atoms with van der Waals surface area (Å²) in [5.74, 6) is 0.579. The molecular formula is C20H27N3O4S. The largest absolute Gasteiger partial charge is 0.444 e. The van der Waals surface area contributed by atoms with E-state index >= 15 is 0 Å². The minimum Gasteiger partial charge on any atom is -0.444 e. The van der Waals surface area contributed by atoms with Crippen LogP contribution in [-0.2, 0) is 16.0 Å². The van der Waals surface area contributed by atoms with E-state index in [-0.39, 0.29) is 11.7 Å². The highest BCUT2D eigenvalue weighted by Gasteiger charge is 2.20. The molecule has 7 nitrogen and oxygen atoms in total. The molecule has 3 rings (SSSR count). The highest BCUT2D eigenvalue weighted by molar-refractivity contribution is 7.99. The fourth-order valence-corrected chi connectivity index (χ4v) is 3.88. The summed E-state index contributed by atoms with van der Waals surface area (Å²) in [6.07, 6.45) is 1.56. The number of benzene rings is 1. The Morgan fingerprint density at radius 3 is 2.89 bits per heavy atom. The molecule has 0 saturated carbocycles. The first kappa shape index (κ1) is 20.7. The molecule has 1 aromatic carbocycles. The number of thioether (sulfide) groups is 1. The minimum atomic E-state index is -0.529. The Hall–Kier alpha value is -2.06. The quantitative estimate of drug-likeness (QED) is 0.451. The molecule has 1 aliphatic heterocycles. The first-order valence-electron chi connectivity index (χ1n) is 9.54. The Morgan fingerprint density at radius 2 is 2.18 bits per heavy atom. The molecule has 0 bridgehead atoms. The van der Waals surface area contributed by atoms with E-state index < -0.39 is 11.7 Å². The number of rotatable bonds is 6. The molecule has 28 heavy (non-hydrogen) atoms. The van der Waals surface area contributed by atoms with E-state index in [4.69, 9.17) is 9.47 Å². The molecule has 0 unspecified atom stereocenters. The summed E-state index contributed by atoms with van der Waals surface area (Å²) in [5, 5.41) is 3.98. The van der Waals surface area contributed by atoms with Gasteiger partial charge in [0, 0.05) is 18.9 Å². The number of hydrogen-bond acceptors (Lipinski definition) is 6. The Morgan fingerprint density at radius 1 is 1.39 bits per heavy atom. The van der Waals surface area contributed by atoms with E-state index in [0.29, 0.717) is 34.9 Å². The van der Waals surface area contributed by atoms with Crippen molar-refractivity contribution >= 4 is 28.8 Å². The van der Waals surface area contributed by atoms with E-state index in [2.05, 4.69) is 10.3 Å². The molecule has 1 aromatic heterocycles. The van der Waals surface area contributed by atoms with E-state index in [1.54, 1.807) is 10.6 Å². The topological polar surface area (TPSA) is 82.5 Å². The maximum absolute atomic E-state index is 13.0. The maximum Gasteiger partial charge on any atom is 0.407 e. The molecule has 1 aliphatic rings. The van der Waals surface area contributed by atoms with Crippen molar-refractivity contribution in [2.75, 3.05) is 18.9 Å². The predicted molar refractivity (Wildman–Crippen MR) is 110 cm³/mol. The molecule has 152 valence electrons. The molecule has 1 N–H and O–H groups in total. The smallest absolute Gasteiger partial charge is 0.407 e. The lowest BCUT2D eigenvalue weighted by Gasteiger charge is -2.19. The van der Waals surface area contributed by atoms with Gasteiger partial charge in [-0.05, 0) is 45.7 Å². The van der Waals surface area contributed by atoms with Gasteiger partial charge in [0.25, 0.3) is 5.56 Å². The van der Waals surface area contributed by atoms with Crippen molar-refractivity contribution in [3.63, 3.8) is 0 Å². The molecule has 2 heterocycles. The maximum atomic E-state index is 13.0. The van der Waals surface area contributed by atoms with Gasteiger partial charge in [-0.15, -0.1) is 0 Å². The highest BCUT2D eigenvalue weighted by atomic mass is 32.2. The van der Waals surface area contributed by atoms with Crippen molar-refractivity contribution < 1.29 is 14.3 Å². The SMILES string of the molecule is CC(C)(C)OC(=O)NCCSc1nc2ccccc2c(=O)n1C[C@H]1CCCO1. The molecule has 8 heteroatoms. The van der Waals surface area contributed by atoms with Gasteiger partial charge in [0.1, 0.15) is 5.60 Å². The Balaban J connectivity index is 1.71. The van der Waals surface area contributed by atoms with Crippen LogP contribution in [0, 0.1) is 0 Å². The predicted octanol–water partition coefficient (Wildman–Crippen LogP) is 3.19. The van der Waals surface area contributed by atoms with Crippen LogP contribution < -0.4 is 10.9 Å². The first-order valence-corrected chi connectivity index (χ1v) is 10.5. The second-order valence-electron chi connectivity index (χ2n) is 7.74. The van der Waals surface area contributed by atoms with Crippen molar-refractivity contribution in [2.45, 2.75) is 57.0 Å². The lowest BCUT2D eigenvalue weighted by molar-refractivity contribution is 0.0531. The normalized spacial score (nSPS) is 17.0. The number of carbonyl (C=O) groups is 1.